The average molecular weight is 413 g/mol. The summed E-state index contributed by atoms with van der Waals surface area (Å²) in [6.45, 7) is 6.61. The molecule has 2 aromatic carbocycles. The number of ketones is 1. The van der Waals surface area contributed by atoms with Gasteiger partial charge in [0.2, 0.25) is 0 Å². The van der Waals surface area contributed by atoms with Gasteiger partial charge in [-0.15, -0.1) is 0 Å². The summed E-state index contributed by atoms with van der Waals surface area (Å²) >= 11 is 4.07. The molecule has 0 amide bonds. The molecule has 5 heteroatoms. The maximum absolute atomic E-state index is 12.8. The Morgan fingerprint density at radius 1 is 0.643 bits per heavy atom. The minimum Gasteiger partial charge on any atom is -0.297 e. The zero-order valence-corrected chi connectivity index (χ0v) is 17.9. The largest absolute Gasteiger partial charge is 0.297 e. The lowest BCUT2D eigenvalue weighted by Crippen LogP contribution is -2.31. The van der Waals surface area contributed by atoms with E-state index in [1.807, 2.05) is 47.8 Å². The highest BCUT2D eigenvalue weighted by Gasteiger charge is 2.14. The van der Waals surface area contributed by atoms with Gasteiger partial charge in [0.15, 0.2) is 5.78 Å². The highest BCUT2D eigenvalue weighted by atomic mass is 32.2. The van der Waals surface area contributed by atoms with Gasteiger partial charge in [0, 0.05) is 73.4 Å². The van der Waals surface area contributed by atoms with Crippen molar-refractivity contribution in [2.24, 2.45) is 0 Å². The van der Waals surface area contributed by atoms with Crippen molar-refractivity contribution in [1.29, 1.82) is 0 Å². The van der Waals surface area contributed by atoms with Crippen LogP contribution in [0.25, 0.3) is 0 Å². The number of carbonyl (C=O) groups excluding carboxylic acids is 1. The van der Waals surface area contributed by atoms with Crippen LogP contribution in [0.15, 0.2) is 48.5 Å². The monoisotopic (exact) mass is 412 g/mol. The molecule has 0 radical (unpaired) electrons. The Kier molecular flexibility index (Phi) is 7.13. The van der Waals surface area contributed by atoms with Crippen molar-refractivity contribution in [3.63, 3.8) is 0 Å². The molecule has 4 rings (SSSR count). The minimum absolute atomic E-state index is 0.113. The number of hydrogen-bond donors (Lipinski definition) is 0. The third-order valence-corrected chi connectivity index (χ3v) is 7.34. The second-order valence-corrected chi connectivity index (χ2v) is 9.95. The summed E-state index contributed by atoms with van der Waals surface area (Å²) in [4.78, 5) is 17.8. The SMILES string of the molecule is O=C(c1ccc(CN2CCSCC2)cc1)c1ccc(CN2CCSCC2)cc1. The molecular formula is C23H28N2OS2. The number of benzene rings is 2. The molecule has 2 fully saturated rings. The molecule has 0 unspecified atom stereocenters. The predicted octanol–water partition coefficient (Wildman–Crippen LogP) is 4.02. The van der Waals surface area contributed by atoms with Crippen LogP contribution >= 0.6 is 23.5 Å². The first-order chi connectivity index (χ1) is 13.8. The van der Waals surface area contributed by atoms with Crippen LogP contribution in [-0.4, -0.2) is 64.8 Å². The van der Waals surface area contributed by atoms with E-state index in [4.69, 9.17) is 0 Å². The lowest BCUT2D eigenvalue weighted by Gasteiger charge is -2.26. The summed E-state index contributed by atoms with van der Waals surface area (Å²) in [7, 11) is 0. The zero-order valence-electron chi connectivity index (χ0n) is 16.3. The van der Waals surface area contributed by atoms with Crippen molar-refractivity contribution >= 4 is 29.3 Å². The Balaban J connectivity index is 1.35. The van der Waals surface area contributed by atoms with Crippen molar-refractivity contribution in [1.82, 2.24) is 9.80 Å². The van der Waals surface area contributed by atoms with E-state index in [2.05, 4.69) is 34.1 Å². The van der Waals surface area contributed by atoms with E-state index in [-0.39, 0.29) is 5.78 Å². The van der Waals surface area contributed by atoms with Crippen molar-refractivity contribution < 1.29 is 4.79 Å². The molecule has 2 aliphatic rings. The van der Waals surface area contributed by atoms with Gasteiger partial charge in [-0.2, -0.15) is 23.5 Å². The van der Waals surface area contributed by atoms with Crippen molar-refractivity contribution in [2.75, 3.05) is 49.2 Å². The Labute approximate surface area is 176 Å². The zero-order chi connectivity index (χ0) is 19.2. The number of rotatable bonds is 6. The quantitative estimate of drug-likeness (QED) is 0.667. The molecule has 0 spiro atoms. The van der Waals surface area contributed by atoms with Gasteiger partial charge in [0.25, 0.3) is 0 Å². The summed E-state index contributed by atoms with van der Waals surface area (Å²) < 4.78 is 0. The molecule has 0 atom stereocenters. The van der Waals surface area contributed by atoms with Gasteiger partial charge in [-0.3, -0.25) is 14.6 Å². The average Bonchev–Trinajstić information content (AvgIpc) is 2.76. The highest BCUT2D eigenvalue weighted by molar-refractivity contribution is 7.99. The standard InChI is InChI=1S/C23H28N2OS2/c26-23(21-5-1-19(2-6-21)17-24-9-13-27-14-10-24)22-7-3-20(4-8-22)18-25-11-15-28-16-12-25/h1-8H,9-18H2. The molecule has 3 nitrogen and oxygen atoms in total. The number of carbonyl (C=O) groups is 1. The van der Waals surface area contributed by atoms with Crippen LogP contribution in [-0.2, 0) is 13.1 Å². The molecule has 2 saturated heterocycles. The number of hydrogen-bond acceptors (Lipinski definition) is 5. The van der Waals surface area contributed by atoms with E-state index in [0.717, 1.165) is 50.4 Å². The summed E-state index contributed by atoms with van der Waals surface area (Å²) in [6.07, 6.45) is 0. The van der Waals surface area contributed by atoms with Crippen molar-refractivity contribution in [3.05, 3.63) is 70.8 Å². The molecule has 2 aliphatic heterocycles. The maximum Gasteiger partial charge on any atom is 0.193 e. The van der Waals surface area contributed by atoms with E-state index >= 15 is 0 Å². The Morgan fingerprint density at radius 3 is 1.36 bits per heavy atom. The lowest BCUT2D eigenvalue weighted by molar-refractivity contribution is 0.103. The first-order valence-corrected chi connectivity index (χ1v) is 12.4. The van der Waals surface area contributed by atoms with Gasteiger partial charge >= 0.3 is 0 Å². The normalized spacial score (nSPS) is 18.9. The van der Waals surface area contributed by atoms with Gasteiger partial charge in [-0.1, -0.05) is 48.5 Å². The molecule has 2 heterocycles. The van der Waals surface area contributed by atoms with Gasteiger partial charge in [0.05, 0.1) is 0 Å². The van der Waals surface area contributed by atoms with Crippen molar-refractivity contribution in [2.45, 2.75) is 13.1 Å². The summed E-state index contributed by atoms with van der Waals surface area (Å²) in [5, 5.41) is 0. The fraction of sp³-hybridized carbons (Fsp3) is 0.435. The number of nitrogens with zero attached hydrogens (tertiary/aromatic N) is 2. The van der Waals surface area contributed by atoms with Crippen LogP contribution in [0, 0.1) is 0 Å². The van der Waals surface area contributed by atoms with Crippen LogP contribution in [0.3, 0.4) is 0 Å². The smallest absolute Gasteiger partial charge is 0.193 e. The molecular weight excluding hydrogens is 384 g/mol. The number of thioether (sulfide) groups is 2. The Bertz CT molecular complexity index is 699. The second-order valence-electron chi connectivity index (χ2n) is 7.50. The molecule has 0 N–H and O–H groups in total. The third-order valence-electron chi connectivity index (χ3n) is 5.45. The minimum atomic E-state index is 0.113. The molecule has 2 aromatic rings. The second kappa shape index (κ2) is 9.97. The molecule has 28 heavy (non-hydrogen) atoms. The van der Waals surface area contributed by atoms with Gasteiger partial charge < -0.3 is 0 Å². The Morgan fingerprint density at radius 2 is 1.00 bits per heavy atom. The van der Waals surface area contributed by atoms with Gasteiger partial charge in [-0.05, 0) is 11.1 Å². The first-order valence-electron chi connectivity index (χ1n) is 10.1. The highest BCUT2D eigenvalue weighted by Crippen LogP contribution is 2.17. The topological polar surface area (TPSA) is 23.6 Å². The lowest BCUT2D eigenvalue weighted by atomic mass is 10.0. The van der Waals surface area contributed by atoms with E-state index in [1.165, 1.54) is 34.1 Å². The van der Waals surface area contributed by atoms with E-state index in [9.17, 15) is 4.79 Å². The third kappa shape index (κ3) is 5.41. The summed E-state index contributed by atoms with van der Waals surface area (Å²) in [5.74, 6) is 5.01. The molecule has 0 aliphatic carbocycles. The van der Waals surface area contributed by atoms with E-state index < -0.39 is 0 Å². The van der Waals surface area contributed by atoms with Crippen LogP contribution in [0.1, 0.15) is 27.0 Å². The van der Waals surface area contributed by atoms with Crippen LogP contribution < -0.4 is 0 Å². The fourth-order valence-corrected chi connectivity index (χ4v) is 5.68. The molecule has 148 valence electrons. The predicted molar refractivity (Wildman–Crippen MR) is 122 cm³/mol. The van der Waals surface area contributed by atoms with Gasteiger partial charge in [0.1, 0.15) is 0 Å². The van der Waals surface area contributed by atoms with Crippen LogP contribution in [0.4, 0.5) is 0 Å². The van der Waals surface area contributed by atoms with E-state index in [0.29, 0.717) is 0 Å². The van der Waals surface area contributed by atoms with E-state index in [1.54, 1.807) is 0 Å². The molecule has 0 bridgehead atoms. The van der Waals surface area contributed by atoms with Gasteiger partial charge in [-0.25, -0.2) is 0 Å². The first kappa shape index (κ1) is 20.0. The Hall–Kier alpha value is -1.27. The molecule has 0 saturated carbocycles. The summed E-state index contributed by atoms with van der Waals surface area (Å²) in [6, 6.07) is 16.4. The maximum atomic E-state index is 12.8. The van der Waals surface area contributed by atoms with Crippen LogP contribution in [0.2, 0.25) is 0 Å². The van der Waals surface area contributed by atoms with Crippen molar-refractivity contribution in [3.8, 4) is 0 Å². The fourth-order valence-electron chi connectivity index (χ4n) is 3.72. The molecule has 0 aromatic heterocycles. The summed E-state index contributed by atoms with van der Waals surface area (Å²) in [5.41, 5.74) is 4.13. The van der Waals surface area contributed by atoms with Crippen LogP contribution in [0.5, 0.6) is 0 Å².